The van der Waals surface area contributed by atoms with E-state index in [4.69, 9.17) is 5.73 Å². The first-order valence-electron chi connectivity index (χ1n) is 5.92. The molecule has 0 fully saturated rings. The highest BCUT2D eigenvalue weighted by Gasteiger charge is 2.25. The normalized spacial score (nSPS) is 11.4. The van der Waals surface area contributed by atoms with Crippen LogP contribution in [0.4, 0.5) is 5.69 Å². The molecule has 2 rings (SSSR count). The van der Waals surface area contributed by atoms with Crippen LogP contribution in [0.2, 0.25) is 0 Å². The lowest BCUT2D eigenvalue weighted by Crippen LogP contribution is -2.33. The molecule has 0 aliphatic heterocycles. The molecule has 0 amide bonds. The van der Waals surface area contributed by atoms with E-state index in [0.29, 0.717) is 25.2 Å². The fraction of sp³-hybridized carbons (Fsp3) is 0.250. The number of imidazole rings is 1. The standard InChI is InChI=1S/C12H16N4O2S/c13-7-4-8-16(11-5-2-1-3-6-11)19(17,18)12-9-14-10-15-12/h1-3,5-6,9-10H,4,7-8,13H2,(H,14,15). The zero-order chi connectivity index (χ0) is 13.7. The van der Waals surface area contributed by atoms with Gasteiger partial charge in [-0.2, -0.15) is 8.42 Å². The number of hydrogen-bond acceptors (Lipinski definition) is 4. The van der Waals surface area contributed by atoms with Crippen molar-refractivity contribution >= 4 is 15.7 Å². The van der Waals surface area contributed by atoms with Gasteiger partial charge in [0, 0.05) is 6.54 Å². The molecule has 1 aromatic heterocycles. The Morgan fingerprint density at radius 3 is 2.58 bits per heavy atom. The first kappa shape index (κ1) is 13.6. The van der Waals surface area contributed by atoms with Gasteiger partial charge in [0.25, 0.3) is 10.0 Å². The highest BCUT2D eigenvalue weighted by atomic mass is 32.2. The van der Waals surface area contributed by atoms with Gasteiger partial charge in [-0.05, 0) is 25.1 Å². The Morgan fingerprint density at radius 2 is 2.00 bits per heavy atom. The number of anilines is 1. The van der Waals surface area contributed by atoms with Gasteiger partial charge in [0.1, 0.15) is 0 Å². The van der Waals surface area contributed by atoms with Crippen LogP contribution in [0.15, 0.2) is 47.9 Å². The van der Waals surface area contributed by atoms with E-state index in [-0.39, 0.29) is 5.03 Å². The van der Waals surface area contributed by atoms with Crippen LogP contribution in [-0.2, 0) is 10.0 Å². The monoisotopic (exact) mass is 280 g/mol. The van der Waals surface area contributed by atoms with Crippen LogP contribution in [0.5, 0.6) is 0 Å². The number of nitrogens with zero attached hydrogens (tertiary/aromatic N) is 2. The van der Waals surface area contributed by atoms with Crippen molar-refractivity contribution in [3.05, 3.63) is 42.9 Å². The average molecular weight is 280 g/mol. The van der Waals surface area contributed by atoms with Gasteiger partial charge in [0.05, 0.1) is 18.2 Å². The SMILES string of the molecule is NCCCN(c1ccccc1)S(=O)(=O)c1cnc[nH]1. The number of sulfonamides is 1. The Kier molecular flexibility index (Phi) is 4.18. The Morgan fingerprint density at radius 1 is 1.26 bits per heavy atom. The van der Waals surface area contributed by atoms with Crippen molar-refractivity contribution in [1.82, 2.24) is 9.97 Å². The molecule has 0 aliphatic carbocycles. The lowest BCUT2D eigenvalue weighted by molar-refractivity contribution is 0.586. The fourth-order valence-corrected chi connectivity index (χ4v) is 3.12. The number of rotatable bonds is 6. The van der Waals surface area contributed by atoms with Gasteiger partial charge in [0.2, 0.25) is 0 Å². The van der Waals surface area contributed by atoms with Crippen molar-refractivity contribution in [3.63, 3.8) is 0 Å². The number of H-pyrrole nitrogens is 1. The Bertz CT molecular complexity index is 596. The second-order valence-corrected chi connectivity index (χ2v) is 5.80. The molecule has 3 N–H and O–H groups in total. The number of para-hydroxylation sites is 1. The lowest BCUT2D eigenvalue weighted by atomic mass is 10.3. The molecular weight excluding hydrogens is 264 g/mol. The van der Waals surface area contributed by atoms with Gasteiger partial charge in [0.15, 0.2) is 5.03 Å². The zero-order valence-electron chi connectivity index (χ0n) is 10.4. The third-order valence-electron chi connectivity index (χ3n) is 2.65. The first-order chi connectivity index (χ1) is 9.16. The van der Waals surface area contributed by atoms with Gasteiger partial charge in [-0.3, -0.25) is 4.31 Å². The van der Waals surface area contributed by atoms with Crippen LogP contribution < -0.4 is 10.0 Å². The summed E-state index contributed by atoms with van der Waals surface area (Å²) >= 11 is 0. The lowest BCUT2D eigenvalue weighted by Gasteiger charge is -2.23. The quantitative estimate of drug-likeness (QED) is 0.824. The topological polar surface area (TPSA) is 92.1 Å². The molecule has 0 aliphatic rings. The van der Waals surface area contributed by atoms with E-state index in [1.54, 1.807) is 24.3 Å². The van der Waals surface area contributed by atoms with Gasteiger partial charge in [-0.25, -0.2) is 4.98 Å². The van der Waals surface area contributed by atoms with Crippen LogP contribution >= 0.6 is 0 Å². The summed E-state index contributed by atoms with van der Waals surface area (Å²) in [6.07, 6.45) is 3.23. The van der Waals surface area contributed by atoms with Crippen molar-refractivity contribution in [2.45, 2.75) is 11.4 Å². The van der Waals surface area contributed by atoms with Gasteiger partial charge in [-0.1, -0.05) is 18.2 Å². The largest absolute Gasteiger partial charge is 0.334 e. The maximum absolute atomic E-state index is 12.5. The second kappa shape index (κ2) is 5.85. The summed E-state index contributed by atoms with van der Waals surface area (Å²) in [5.41, 5.74) is 6.09. The minimum atomic E-state index is -3.62. The van der Waals surface area contributed by atoms with Crippen LogP contribution in [0.25, 0.3) is 0 Å². The van der Waals surface area contributed by atoms with E-state index in [1.165, 1.54) is 16.8 Å². The summed E-state index contributed by atoms with van der Waals surface area (Å²) in [5.74, 6) is 0. The van der Waals surface area contributed by atoms with Crippen molar-refractivity contribution in [2.75, 3.05) is 17.4 Å². The van der Waals surface area contributed by atoms with E-state index in [2.05, 4.69) is 9.97 Å². The highest BCUT2D eigenvalue weighted by Crippen LogP contribution is 2.22. The molecule has 1 aromatic carbocycles. The van der Waals surface area contributed by atoms with E-state index in [1.807, 2.05) is 6.07 Å². The fourth-order valence-electron chi connectivity index (χ4n) is 1.72. The van der Waals surface area contributed by atoms with Gasteiger partial charge >= 0.3 is 0 Å². The molecule has 0 radical (unpaired) electrons. The summed E-state index contributed by atoms with van der Waals surface area (Å²) in [6, 6.07) is 8.95. The number of aromatic nitrogens is 2. The zero-order valence-corrected chi connectivity index (χ0v) is 11.2. The van der Waals surface area contributed by atoms with Gasteiger partial charge < -0.3 is 10.7 Å². The Labute approximate surface area is 112 Å². The summed E-state index contributed by atoms with van der Waals surface area (Å²) in [7, 11) is -3.62. The molecule has 0 saturated carbocycles. The third-order valence-corrected chi connectivity index (χ3v) is 4.40. The number of hydrogen-bond donors (Lipinski definition) is 2. The Balaban J connectivity index is 2.38. The smallest absolute Gasteiger partial charge is 0.281 e. The van der Waals surface area contributed by atoms with E-state index >= 15 is 0 Å². The second-order valence-electron chi connectivity index (χ2n) is 3.97. The van der Waals surface area contributed by atoms with Crippen LogP contribution in [0, 0.1) is 0 Å². The molecule has 0 bridgehead atoms. The number of benzene rings is 1. The number of nitrogens with one attached hydrogen (secondary N) is 1. The molecule has 1 heterocycles. The first-order valence-corrected chi connectivity index (χ1v) is 7.36. The van der Waals surface area contributed by atoms with Crippen molar-refractivity contribution in [1.29, 1.82) is 0 Å². The summed E-state index contributed by atoms with van der Waals surface area (Å²) in [4.78, 5) is 6.39. The minimum absolute atomic E-state index is 0.0772. The molecule has 6 nitrogen and oxygen atoms in total. The Hall–Kier alpha value is -1.86. The molecule has 7 heteroatoms. The molecule has 102 valence electrons. The predicted molar refractivity (Wildman–Crippen MR) is 73.2 cm³/mol. The van der Waals surface area contributed by atoms with E-state index < -0.39 is 10.0 Å². The maximum atomic E-state index is 12.5. The maximum Gasteiger partial charge on any atom is 0.281 e. The molecular formula is C12H16N4O2S. The average Bonchev–Trinajstić information content (AvgIpc) is 2.95. The molecule has 2 aromatic rings. The third kappa shape index (κ3) is 2.94. The van der Waals surface area contributed by atoms with E-state index in [0.717, 1.165) is 0 Å². The minimum Gasteiger partial charge on any atom is -0.334 e. The van der Waals surface area contributed by atoms with E-state index in [9.17, 15) is 8.42 Å². The molecule has 0 saturated heterocycles. The number of aromatic amines is 1. The summed E-state index contributed by atoms with van der Waals surface area (Å²) < 4.78 is 26.4. The van der Waals surface area contributed by atoms with Crippen LogP contribution in [0.1, 0.15) is 6.42 Å². The van der Waals surface area contributed by atoms with Gasteiger partial charge in [-0.15, -0.1) is 0 Å². The van der Waals surface area contributed by atoms with Crippen molar-refractivity contribution in [3.8, 4) is 0 Å². The molecule has 19 heavy (non-hydrogen) atoms. The van der Waals surface area contributed by atoms with Crippen LogP contribution in [0.3, 0.4) is 0 Å². The van der Waals surface area contributed by atoms with Crippen molar-refractivity contribution in [2.24, 2.45) is 5.73 Å². The van der Waals surface area contributed by atoms with Crippen molar-refractivity contribution < 1.29 is 8.42 Å². The highest BCUT2D eigenvalue weighted by molar-refractivity contribution is 7.92. The molecule has 0 spiro atoms. The predicted octanol–water partition coefficient (Wildman–Crippen LogP) is 0.954. The van der Waals surface area contributed by atoms with Crippen LogP contribution in [-0.4, -0.2) is 31.5 Å². The summed E-state index contributed by atoms with van der Waals surface area (Å²) in [5, 5.41) is 0.0772. The molecule has 0 unspecified atom stereocenters. The molecule has 0 atom stereocenters. The number of nitrogens with two attached hydrogens (primary N) is 1. The summed E-state index contributed by atoms with van der Waals surface area (Å²) in [6.45, 7) is 0.768.